The van der Waals surface area contributed by atoms with Crippen LogP contribution in [0, 0.1) is 11.6 Å². The normalized spacial score (nSPS) is 11.8. The first kappa shape index (κ1) is 17.2. The molecule has 0 aliphatic heterocycles. The molecule has 0 heterocycles. The van der Waals surface area contributed by atoms with Gasteiger partial charge in [-0.3, -0.25) is 0 Å². The van der Waals surface area contributed by atoms with E-state index in [4.69, 9.17) is 9.84 Å². The first-order chi connectivity index (χ1) is 10.0. The summed E-state index contributed by atoms with van der Waals surface area (Å²) in [6, 6.07) is 2.62. The minimum absolute atomic E-state index is 0.0485. The average Bonchev–Trinajstić information content (AvgIpc) is 2.43. The van der Waals surface area contributed by atoms with Gasteiger partial charge in [-0.1, -0.05) is 0 Å². The highest BCUT2D eigenvalue weighted by molar-refractivity contribution is 5.74. The second-order valence-electron chi connectivity index (χ2n) is 4.59. The van der Waals surface area contributed by atoms with Gasteiger partial charge in [-0.25, -0.2) is 13.6 Å². The molecule has 1 aromatic rings. The number of rotatable bonds is 8. The monoisotopic (exact) mass is 302 g/mol. The van der Waals surface area contributed by atoms with Crippen LogP contribution in [0.3, 0.4) is 0 Å². The molecule has 0 fully saturated rings. The second kappa shape index (κ2) is 9.12. The van der Waals surface area contributed by atoms with E-state index >= 15 is 0 Å². The highest BCUT2D eigenvalue weighted by atomic mass is 19.1. The zero-order valence-corrected chi connectivity index (χ0v) is 11.9. The van der Waals surface area contributed by atoms with Gasteiger partial charge >= 0.3 is 6.03 Å². The van der Waals surface area contributed by atoms with Crippen LogP contribution >= 0.6 is 0 Å². The molecule has 21 heavy (non-hydrogen) atoms. The predicted octanol–water partition coefficient (Wildman–Crippen LogP) is 1.80. The van der Waals surface area contributed by atoms with Gasteiger partial charge in [0, 0.05) is 18.7 Å². The number of carbonyl (C=O) groups is 1. The lowest BCUT2D eigenvalue weighted by molar-refractivity contribution is 0.229. The number of carbonyl (C=O) groups excluding carboxylic acids is 1. The lowest BCUT2D eigenvalue weighted by Crippen LogP contribution is -2.42. The van der Waals surface area contributed by atoms with Crippen LogP contribution in [0.2, 0.25) is 0 Å². The number of urea groups is 1. The van der Waals surface area contributed by atoms with Crippen molar-refractivity contribution in [2.75, 3.05) is 19.8 Å². The van der Waals surface area contributed by atoms with E-state index in [0.717, 1.165) is 12.1 Å². The standard InChI is InChI=1S/C14H20F2N2O3/c1-10(3-2-7-19)18-14(20)17-6-8-21-13-5-4-11(15)9-12(13)16/h4-5,9-10,19H,2-3,6-8H2,1H3,(H2,17,18,20). The number of aliphatic hydroxyl groups excluding tert-OH is 1. The van der Waals surface area contributed by atoms with Gasteiger partial charge in [-0.15, -0.1) is 0 Å². The number of benzene rings is 1. The molecule has 0 aliphatic rings. The number of amides is 2. The van der Waals surface area contributed by atoms with Crippen molar-refractivity contribution >= 4 is 6.03 Å². The van der Waals surface area contributed by atoms with E-state index in [-0.39, 0.29) is 37.6 Å². The van der Waals surface area contributed by atoms with Crippen molar-refractivity contribution in [1.82, 2.24) is 10.6 Å². The van der Waals surface area contributed by atoms with Crippen LogP contribution in [-0.4, -0.2) is 36.9 Å². The first-order valence-corrected chi connectivity index (χ1v) is 6.76. The molecule has 3 N–H and O–H groups in total. The zero-order chi connectivity index (χ0) is 15.7. The summed E-state index contributed by atoms with van der Waals surface area (Å²) < 4.78 is 31.0. The van der Waals surface area contributed by atoms with Gasteiger partial charge in [0.1, 0.15) is 12.4 Å². The van der Waals surface area contributed by atoms with E-state index in [1.165, 1.54) is 6.07 Å². The van der Waals surface area contributed by atoms with Crippen LogP contribution in [0.25, 0.3) is 0 Å². The molecular weight excluding hydrogens is 282 g/mol. The number of hydrogen-bond acceptors (Lipinski definition) is 3. The molecule has 2 amide bonds. The molecule has 118 valence electrons. The van der Waals surface area contributed by atoms with Crippen molar-refractivity contribution in [2.45, 2.75) is 25.8 Å². The van der Waals surface area contributed by atoms with E-state index in [9.17, 15) is 13.6 Å². The zero-order valence-electron chi connectivity index (χ0n) is 11.9. The van der Waals surface area contributed by atoms with E-state index in [0.29, 0.717) is 12.8 Å². The Labute approximate surface area is 122 Å². The third kappa shape index (κ3) is 6.89. The summed E-state index contributed by atoms with van der Waals surface area (Å²) in [5.41, 5.74) is 0. The van der Waals surface area contributed by atoms with Crippen LogP contribution in [0.4, 0.5) is 13.6 Å². The van der Waals surface area contributed by atoms with Gasteiger partial charge in [-0.2, -0.15) is 0 Å². The maximum Gasteiger partial charge on any atom is 0.315 e. The van der Waals surface area contributed by atoms with Crippen LogP contribution < -0.4 is 15.4 Å². The Morgan fingerprint density at radius 1 is 1.43 bits per heavy atom. The van der Waals surface area contributed by atoms with Gasteiger partial charge in [0.25, 0.3) is 0 Å². The van der Waals surface area contributed by atoms with E-state index in [1.807, 2.05) is 6.92 Å². The molecule has 0 aliphatic carbocycles. The predicted molar refractivity (Wildman–Crippen MR) is 74.2 cm³/mol. The Morgan fingerprint density at radius 3 is 2.86 bits per heavy atom. The fourth-order valence-electron chi connectivity index (χ4n) is 1.66. The Morgan fingerprint density at radius 2 is 2.19 bits per heavy atom. The first-order valence-electron chi connectivity index (χ1n) is 6.76. The Balaban J connectivity index is 2.20. The third-order valence-electron chi connectivity index (χ3n) is 2.71. The molecule has 0 aromatic heterocycles. The number of ether oxygens (including phenoxy) is 1. The Kier molecular flexibility index (Phi) is 7.45. The summed E-state index contributed by atoms with van der Waals surface area (Å²) in [7, 11) is 0. The topological polar surface area (TPSA) is 70.6 Å². The number of hydrogen-bond donors (Lipinski definition) is 3. The Hall–Kier alpha value is -1.89. The van der Waals surface area contributed by atoms with E-state index in [1.54, 1.807) is 0 Å². The maximum absolute atomic E-state index is 13.2. The lowest BCUT2D eigenvalue weighted by Gasteiger charge is -2.14. The summed E-state index contributed by atoms with van der Waals surface area (Å²) >= 11 is 0. The van der Waals surface area contributed by atoms with Crippen molar-refractivity contribution in [3.63, 3.8) is 0 Å². The minimum atomic E-state index is -0.780. The maximum atomic E-state index is 13.2. The van der Waals surface area contributed by atoms with Gasteiger partial charge in [-0.05, 0) is 31.9 Å². The van der Waals surface area contributed by atoms with Crippen molar-refractivity contribution < 1.29 is 23.4 Å². The minimum Gasteiger partial charge on any atom is -0.489 e. The van der Waals surface area contributed by atoms with Crippen LogP contribution in [-0.2, 0) is 0 Å². The summed E-state index contributed by atoms with van der Waals surface area (Å²) in [4.78, 5) is 11.5. The third-order valence-corrected chi connectivity index (χ3v) is 2.71. The van der Waals surface area contributed by atoms with Crippen molar-refractivity contribution in [3.05, 3.63) is 29.8 Å². The molecule has 0 bridgehead atoms. The number of aliphatic hydroxyl groups is 1. The average molecular weight is 302 g/mol. The Bertz CT molecular complexity index is 458. The van der Waals surface area contributed by atoms with Crippen LogP contribution in [0.15, 0.2) is 18.2 Å². The van der Waals surface area contributed by atoms with Gasteiger partial charge in [0.05, 0.1) is 6.54 Å². The van der Waals surface area contributed by atoms with Gasteiger partial charge < -0.3 is 20.5 Å². The van der Waals surface area contributed by atoms with Crippen molar-refractivity contribution in [2.24, 2.45) is 0 Å². The second-order valence-corrected chi connectivity index (χ2v) is 4.59. The summed E-state index contributed by atoms with van der Waals surface area (Å²) in [5.74, 6) is -1.51. The number of nitrogens with one attached hydrogen (secondary N) is 2. The highest BCUT2D eigenvalue weighted by Crippen LogP contribution is 2.17. The van der Waals surface area contributed by atoms with Crippen LogP contribution in [0.1, 0.15) is 19.8 Å². The molecule has 0 saturated heterocycles. The van der Waals surface area contributed by atoms with Gasteiger partial charge in [0.15, 0.2) is 11.6 Å². The fourth-order valence-corrected chi connectivity index (χ4v) is 1.66. The molecule has 1 rings (SSSR count). The molecule has 0 radical (unpaired) electrons. The molecule has 1 unspecified atom stereocenters. The molecule has 0 spiro atoms. The van der Waals surface area contributed by atoms with E-state index < -0.39 is 11.6 Å². The van der Waals surface area contributed by atoms with Gasteiger partial charge in [0.2, 0.25) is 0 Å². The smallest absolute Gasteiger partial charge is 0.315 e. The summed E-state index contributed by atoms with van der Waals surface area (Å²) in [6.07, 6.45) is 1.30. The summed E-state index contributed by atoms with van der Waals surface area (Å²) in [6.45, 7) is 2.18. The summed E-state index contributed by atoms with van der Waals surface area (Å²) in [5, 5.41) is 13.9. The van der Waals surface area contributed by atoms with Crippen LogP contribution in [0.5, 0.6) is 5.75 Å². The lowest BCUT2D eigenvalue weighted by atomic mass is 10.2. The molecule has 5 nitrogen and oxygen atoms in total. The van der Waals surface area contributed by atoms with Crippen molar-refractivity contribution in [1.29, 1.82) is 0 Å². The quantitative estimate of drug-likeness (QED) is 0.641. The van der Waals surface area contributed by atoms with Crippen molar-refractivity contribution in [3.8, 4) is 5.75 Å². The molecule has 7 heteroatoms. The highest BCUT2D eigenvalue weighted by Gasteiger charge is 2.07. The molecule has 1 aromatic carbocycles. The largest absolute Gasteiger partial charge is 0.489 e. The molecule has 0 saturated carbocycles. The SMILES string of the molecule is CC(CCCO)NC(=O)NCCOc1ccc(F)cc1F. The van der Waals surface area contributed by atoms with E-state index in [2.05, 4.69) is 10.6 Å². The fraction of sp³-hybridized carbons (Fsp3) is 0.500. The molecule has 1 atom stereocenters. The molecular formula is C14H20F2N2O3. The number of halogens is 2.